The highest BCUT2D eigenvalue weighted by Gasteiger charge is 2.37. The topological polar surface area (TPSA) is 54.5 Å². The zero-order valence-electron chi connectivity index (χ0n) is 11.5. The van der Waals surface area contributed by atoms with Gasteiger partial charge in [-0.3, -0.25) is 14.4 Å². The van der Waals surface area contributed by atoms with E-state index in [2.05, 4.69) is 0 Å². The molecule has 0 radical (unpaired) electrons. The van der Waals surface area contributed by atoms with Crippen molar-refractivity contribution in [1.82, 2.24) is 0 Å². The van der Waals surface area contributed by atoms with E-state index in [0.717, 1.165) is 6.07 Å². The molecule has 0 unspecified atom stereocenters. The fourth-order valence-electron chi connectivity index (χ4n) is 2.43. The van der Waals surface area contributed by atoms with Crippen molar-refractivity contribution in [3.05, 3.63) is 29.1 Å². The predicted octanol–water partition coefficient (Wildman–Crippen LogP) is 2.42. The largest absolute Gasteiger partial charge is 0.304 e. The van der Waals surface area contributed by atoms with Crippen LogP contribution in [0.15, 0.2) is 12.1 Å². The summed E-state index contributed by atoms with van der Waals surface area (Å²) in [5.41, 5.74) is 1.15. The molecule has 0 spiro atoms. The summed E-state index contributed by atoms with van der Waals surface area (Å²) in [6, 6.07) is 2.40. The van der Waals surface area contributed by atoms with Gasteiger partial charge in [0.15, 0.2) is 0 Å². The Morgan fingerprint density at radius 3 is 2.65 bits per heavy atom. The molecule has 1 aliphatic rings. The number of carbonyl (C=O) groups is 3. The molecule has 1 aromatic rings. The number of rotatable bonds is 5. The highest BCUT2D eigenvalue weighted by atomic mass is 19.1. The Kier molecular flexibility index (Phi) is 3.97. The number of anilines is 1. The van der Waals surface area contributed by atoms with Crippen LogP contribution in [0.3, 0.4) is 0 Å². The molecule has 1 aliphatic heterocycles. The van der Waals surface area contributed by atoms with Crippen LogP contribution in [-0.2, 0) is 9.59 Å². The van der Waals surface area contributed by atoms with Crippen LogP contribution in [0.5, 0.6) is 0 Å². The van der Waals surface area contributed by atoms with E-state index in [1.807, 2.05) is 0 Å². The average molecular weight is 277 g/mol. The maximum absolute atomic E-state index is 13.3. The Balaban J connectivity index is 2.22. The molecule has 1 heterocycles. The number of benzene rings is 1. The van der Waals surface area contributed by atoms with Crippen molar-refractivity contribution in [3.63, 3.8) is 0 Å². The molecular formula is C15H16FNO3. The average Bonchev–Trinajstić information content (AvgIpc) is 2.64. The Morgan fingerprint density at radius 2 is 2.00 bits per heavy atom. The SMILES string of the molecule is CCC(=O)CCCN1C(=O)C(=O)c2cc(F)cc(C)c21. The quantitative estimate of drug-likeness (QED) is 0.777. The number of carbonyl (C=O) groups excluding carboxylic acids is 3. The summed E-state index contributed by atoms with van der Waals surface area (Å²) in [5.74, 6) is -1.72. The summed E-state index contributed by atoms with van der Waals surface area (Å²) >= 11 is 0. The van der Waals surface area contributed by atoms with E-state index in [4.69, 9.17) is 0 Å². The molecule has 5 heteroatoms. The van der Waals surface area contributed by atoms with Crippen LogP contribution in [0.2, 0.25) is 0 Å². The molecule has 20 heavy (non-hydrogen) atoms. The highest BCUT2D eigenvalue weighted by Crippen LogP contribution is 2.33. The highest BCUT2D eigenvalue weighted by molar-refractivity contribution is 6.52. The van der Waals surface area contributed by atoms with Gasteiger partial charge in [-0.25, -0.2) is 4.39 Å². The molecule has 0 bridgehead atoms. The second kappa shape index (κ2) is 5.53. The number of Topliss-reactive ketones (excluding diaryl/α,β-unsaturated/α-hetero) is 2. The number of hydrogen-bond donors (Lipinski definition) is 0. The van der Waals surface area contributed by atoms with Crippen LogP contribution in [0.25, 0.3) is 0 Å². The number of halogens is 1. The number of ketones is 2. The fourth-order valence-corrected chi connectivity index (χ4v) is 2.43. The number of hydrogen-bond acceptors (Lipinski definition) is 3. The van der Waals surface area contributed by atoms with Crippen molar-refractivity contribution in [2.45, 2.75) is 33.1 Å². The normalized spacial score (nSPS) is 13.8. The summed E-state index contributed by atoms with van der Waals surface area (Å²) in [6.45, 7) is 3.75. The summed E-state index contributed by atoms with van der Waals surface area (Å²) in [5, 5.41) is 0. The van der Waals surface area contributed by atoms with E-state index >= 15 is 0 Å². The van der Waals surface area contributed by atoms with Gasteiger partial charge in [-0.2, -0.15) is 0 Å². The summed E-state index contributed by atoms with van der Waals surface area (Å²) in [4.78, 5) is 36.4. The second-order valence-corrected chi connectivity index (χ2v) is 4.90. The molecule has 0 aliphatic carbocycles. The third-order valence-corrected chi connectivity index (χ3v) is 3.45. The number of aryl methyl sites for hydroxylation is 1. The van der Waals surface area contributed by atoms with Crippen molar-refractivity contribution < 1.29 is 18.8 Å². The van der Waals surface area contributed by atoms with Crippen LogP contribution >= 0.6 is 0 Å². The predicted molar refractivity (Wildman–Crippen MR) is 72.4 cm³/mol. The molecule has 1 amide bonds. The first-order valence-corrected chi connectivity index (χ1v) is 6.63. The molecule has 4 nitrogen and oxygen atoms in total. The molecule has 0 saturated carbocycles. The number of amides is 1. The van der Waals surface area contributed by atoms with Gasteiger partial charge in [0.05, 0.1) is 11.3 Å². The molecule has 106 valence electrons. The number of nitrogens with zero attached hydrogens (tertiary/aromatic N) is 1. The molecule has 0 atom stereocenters. The Bertz CT molecular complexity index is 595. The first kappa shape index (κ1) is 14.4. The number of fused-ring (bicyclic) bond motifs is 1. The third-order valence-electron chi connectivity index (χ3n) is 3.45. The zero-order valence-corrected chi connectivity index (χ0v) is 11.5. The van der Waals surface area contributed by atoms with Crippen molar-refractivity contribution in [2.24, 2.45) is 0 Å². The second-order valence-electron chi connectivity index (χ2n) is 4.90. The first-order chi connectivity index (χ1) is 9.45. The maximum Gasteiger partial charge on any atom is 0.299 e. The van der Waals surface area contributed by atoms with Crippen molar-refractivity contribution >= 4 is 23.2 Å². The standard InChI is InChI=1S/C15H16FNO3/c1-3-11(18)5-4-6-17-13-9(2)7-10(16)8-12(13)14(19)15(17)20/h7-8H,3-6H2,1-2H3. The minimum absolute atomic E-state index is 0.120. The first-order valence-electron chi connectivity index (χ1n) is 6.63. The molecule has 1 aromatic carbocycles. The van der Waals surface area contributed by atoms with Gasteiger partial charge in [-0.15, -0.1) is 0 Å². The fraction of sp³-hybridized carbons (Fsp3) is 0.400. The van der Waals surface area contributed by atoms with Gasteiger partial charge in [-0.05, 0) is 31.0 Å². The minimum atomic E-state index is -0.676. The molecule has 2 rings (SSSR count). The van der Waals surface area contributed by atoms with Crippen LogP contribution in [-0.4, -0.2) is 24.0 Å². The van der Waals surface area contributed by atoms with Crippen molar-refractivity contribution in [2.75, 3.05) is 11.4 Å². The smallest absolute Gasteiger partial charge is 0.299 e. The van der Waals surface area contributed by atoms with E-state index in [1.165, 1.54) is 11.0 Å². The van der Waals surface area contributed by atoms with E-state index in [0.29, 0.717) is 37.1 Å². The molecule has 0 fully saturated rings. The van der Waals surface area contributed by atoms with Gasteiger partial charge < -0.3 is 4.90 Å². The Labute approximate surface area is 116 Å². The van der Waals surface area contributed by atoms with Crippen LogP contribution in [0.4, 0.5) is 10.1 Å². The lowest BCUT2D eigenvalue weighted by Crippen LogP contribution is -2.31. The minimum Gasteiger partial charge on any atom is -0.304 e. The summed E-state index contributed by atoms with van der Waals surface area (Å²) in [7, 11) is 0. The van der Waals surface area contributed by atoms with Crippen LogP contribution in [0, 0.1) is 12.7 Å². The van der Waals surface area contributed by atoms with Gasteiger partial charge >= 0.3 is 0 Å². The maximum atomic E-state index is 13.3. The van der Waals surface area contributed by atoms with Gasteiger partial charge in [0.2, 0.25) is 0 Å². The lowest BCUT2D eigenvalue weighted by molar-refractivity contribution is -0.119. The van der Waals surface area contributed by atoms with Crippen LogP contribution in [0.1, 0.15) is 42.1 Å². The van der Waals surface area contributed by atoms with E-state index < -0.39 is 17.5 Å². The van der Waals surface area contributed by atoms with E-state index in [1.54, 1.807) is 13.8 Å². The summed E-state index contributed by atoms with van der Waals surface area (Å²) < 4.78 is 13.3. The van der Waals surface area contributed by atoms with E-state index in [9.17, 15) is 18.8 Å². The van der Waals surface area contributed by atoms with Crippen molar-refractivity contribution in [1.29, 1.82) is 0 Å². The lowest BCUT2D eigenvalue weighted by atomic mass is 10.1. The molecule has 0 N–H and O–H groups in total. The van der Waals surface area contributed by atoms with Gasteiger partial charge in [0.1, 0.15) is 11.6 Å². The monoisotopic (exact) mass is 277 g/mol. The summed E-state index contributed by atoms with van der Waals surface area (Å²) in [6.07, 6.45) is 1.35. The van der Waals surface area contributed by atoms with Crippen LogP contribution < -0.4 is 4.90 Å². The molecule has 0 saturated heterocycles. The lowest BCUT2D eigenvalue weighted by Gasteiger charge is -2.18. The van der Waals surface area contributed by atoms with E-state index in [-0.39, 0.29) is 11.3 Å². The molecule has 0 aromatic heterocycles. The van der Waals surface area contributed by atoms with Gasteiger partial charge in [0.25, 0.3) is 11.7 Å². The third kappa shape index (κ3) is 2.48. The van der Waals surface area contributed by atoms with Gasteiger partial charge in [0, 0.05) is 19.4 Å². The zero-order chi connectivity index (χ0) is 14.9. The van der Waals surface area contributed by atoms with Gasteiger partial charge in [-0.1, -0.05) is 6.92 Å². The Morgan fingerprint density at radius 1 is 1.30 bits per heavy atom. The Hall–Kier alpha value is -2.04. The van der Waals surface area contributed by atoms with Crippen molar-refractivity contribution in [3.8, 4) is 0 Å². The molecular weight excluding hydrogens is 261 g/mol.